The molecule has 0 aliphatic carbocycles. The number of carbonyl (C=O) groups is 1. The topological polar surface area (TPSA) is 90.0 Å². The van der Waals surface area contributed by atoms with Crippen molar-refractivity contribution in [1.29, 1.82) is 0 Å². The lowest BCUT2D eigenvalue weighted by Gasteiger charge is -2.31. The Morgan fingerprint density at radius 1 is 1.03 bits per heavy atom. The molecule has 0 radical (unpaired) electrons. The van der Waals surface area contributed by atoms with Crippen LogP contribution in [0, 0.1) is 0 Å². The lowest BCUT2D eigenvalue weighted by Crippen LogP contribution is -2.38. The first-order valence-electron chi connectivity index (χ1n) is 12.2. The molecule has 1 aromatic carbocycles. The van der Waals surface area contributed by atoms with Gasteiger partial charge in [0, 0.05) is 68.6 Å². The van der Waals surface area contributed by atoms with E-state index in [1.807, 2.05) is 54.2 Å². The Balaban J connectivity index is 1.34. The van der Waals surface area contributed by atoms with Crippen molar-refractivity contribution in [1.82, 2.24) is 30.0 Å². The van der Waals surface area contributed by atoms with Gasteiger partial charge in [0.2, 0.25) is 0 Å². The van der Waals surface area contributed by atoms with Crippen molar-refractivity contribution in [3.05, 3.63) is 71.9 Å². The van der Waals surface area contributed by atoms with Crippen LogP contribution < -0.4 is 5.32 Å². The predicted octanol–water partition coefficient (Wildman–Crippen LogP) is 4.56. The summed E-state index contributed by atoms with van der Waals surface area (Å²) >= 11 is 0. The molecular formula is C27H29F2N7O. The summed E-state index contributed by atoms with van der Waals surface area (Å²) in [5, 5.41) is 10.8. The average Bonchev–Trinajstić information content (AvgIpc) is 3.29. The van der Waals surface area contributed by atoms with Gasteiger partial charge < -0.3 is 10.2 Å². The minimum absolute atomic E-state index is 0.113. The third-order valence-corrected chi connectivity index (χ3v) is 6.45. The van der Waals surface area contributed by atoms with Crippen molar-refractivity contribution in [3.8, 4) is 11.1 Å². The van der Waals surface area contributed by atoms with E-state index in [1.165, 1.54) is 0 Å². The van der Waals surface area contributed by atoms with E-state index in [9.17, 15) is 13.6 Å². The fraction of sp³-hybridized carbons (Fsp3) is 0.333. The molecular weight excluding hydrogens is 476 g/mol. The highest BCUT2D eigenvalue weighted by Crippen LogP contribution is 2.30. The highest BCUT2D eigenvalue weighted by molar-refractivity contribution is 6.11. The summed E-state index contributed by atoms with van der Waals surface area (Å²) in [5.74, 6) is -2.90. The summed E-state index contributed by atoms with van der Waals surface area (Å²) < 4.78 is 27.0. The molecule has 4 aromatic rings. The second-order valence-corrected chi connectivity index (χ2v) is 9.82. The number of halogens is 2. The van der Waals surface area contributed by atoms with Crippen molar-refractivity contribution >= 4 is 22.5 Å². The fourth-order valence-electron chi connectivity index (χ4n) is 4.59. The Morgan fingerprint density at radius 2 is 1.78 bits per heavy atom. The Kier molecular flexibility index (Phi) is 6.94. The lowest BCUT2D eigenvalue weighted by molar-refractivity contribution is -0.0566. The van der Waals surface area contributed by atoms with Crippen LogP contribution in [0.25, 0.3) is 22.0 Å². The quantitative estimate of drug-likeness (QED) is 0.383. The third kappa shape index (κ3) is 5.98. The molecule has 3 aromatic heterocycles. The number of aromatic amines is 1. The maximum absolute atomic E-state index is 13.5. The van der Waals surface area contributed by atoms with Crippen molar-refractivity contribution in [2.45, 2.75) is 31.9 Å². The van der Waals surface area contributed by atoms with E-state index in [2.05, 4.69) is 25.5 Å². The highest BCUT2D eigenvalue weighted by atomic mass is 19.3. The number of hydrogen-bond acceptors (Lipinski definition) is 6. The van der Waals surface area contributed by atoms with Crippen molar-refractivity contribution in [2.75, 3.05) is 32.5 Å². The molecule has 0 saturated carbocycles. The predicted molar refractivity (Wildman–Crippen MR) is 138 cm³/mol. The average molecular weight is 506 g/mol. The van der Waals surface area contributed by atoms with Gasteiger partial charge >= 0.3 is 0 Å². The summed E-state index contributed by atoms with van der Waals surface area (Å²) in [5.41, 5.74) is 5.34. The van der Waals surface area contributed by atoms with Crippen LogP contribution in [-0.4, -0.2) is 69.0 Å². The number of fused-ring (bicyclic) bond motifs is 1. The van der Waals surface area contributed by atoms with Crippen LogP contribution in [0.3, 0.4) is 0 Å². The number of hydrogen-bond donors (Lipinski definition) is 2. The van der Waals surface area contributed by atoms with Gasteiger partial charge in [-0.05, 0) is 55.1 Å². The number of anilines is 1. The van der Waals surface area contributed by atoms with Gasteiger partial charge in [-0.25, -0.2) is 8.78 Å². The second kappa shape index (κ2) is 10.3. The number of H-pyrrole nitrogens is 1. The molecule has 1 aliphatic heterocycles. The normalized spacial score (nSPS) is 15.8. The van der Waals surface area contributed by atoms with Crippen LogP contribution in [0.4, 0.5) is 14.5 Å². The summed E-state index contributed by atoms with van der Waals surface area (Å²) in [4.78, 5) is 25.8. The number of pyridine rings is 2. The maximum Gasteiger partial charge on any atom is 0.276 e. The van der Waals surface area contributed by atoms with Crippen LogP contribution in [0.1, 0.15) is 34.5 Å². The standard InChI is InChI=1S/C27H29F2N7O/c1-35(2)16-19-10-22(15-31-13-19)32-26(37)25-23-11-20(3-4-24(23)33-34-25)21-9-18(12-30-14-21)17-36-7-5-27(28,29)6-8-36/h3-4,9-15H,5-8,16-17H2,1-2H3,(H,32,37)(H,33,34). The molecule has 37 heavy (non-hydrogen) atoms. The summed E-state index contributed by atoms with van der Waals surface area (Å²) in [6.45, 7) is 2.01. The number of piperidine rings is 1. The SMILES string of the molecule is CN(C)Cc1cncc(NC(=O)c2n[nH]c3ccc(-c4cncc(CN5CCC(F)(F)CC5)c4)cc23)c1. The largest absolute Gasteiger partial charge is 0.319 e. The second-order valence-electron chi connectivity index (χ2n) is 9.82. The molecule has 1 saturated heterocycles. The van der Waals surface area contributed by atoms with E-state index in [0.29, 0.717) is 37.3 Å². The number of rotatable bonds is 7. The lowest BCUT2D eigenvalue weighted by atomic mass is 10.0. The van der Waals surface area contributed by atoms with Gasteiger partial charge in [0.05, 0.1) is 17.4 Å². The third-order valence-electron chi connectivity index (χ3n) is 6.45. The maximum atomic E-state index is 13.5. The Morgan fingerprint density at radius 3 is 2.57 bits per heavy atom. The van der Waals surface area contributed by atoms with Gasteiger partial charge in [0.15, 0.2) is 5.69 Å². The zero-order valence-electron chi connectivity index (χ0n) is 20.8. The number of alkyl halides is 2. The summed E-state index contributed by atoms with van der Waals surface area (Å²) in [6.07, 6.45) is 6.68. The number of aromatic nitrogens is 4. The number of likely N-dealkylation sites (tertiary alicyclic amines) is 1. The van der Waals surface area contributed by atoms with Gasteiger partial charge in [-0.2, -0.15) is 5.10 Å². The zero-order valence-corrected chi connectivity index (χ0v) is 20.8. The van der Waals surface area contributed by atoms with Gasteiger partial charge in [-0.1, -0.05) is 6.07 Å². The smallest absolute Gasteiger partial charge is 0.276 e. The molecule has 1 fully saturated rings. The van der Waals surface area contributed by atoms with E-state index in [0.717, 1.165) is 27.8 Å². The van der Waals surface area contributed by atoms with Crippen molar-refractivity contribution in [3.63, 3.8) is 0 Å². The van der Waals surface area contributed by atoms with Gasteiger partial charge in [0.25, 0.3) is 11.8 Å². The molecule has 2 N–H and O–H groups in total. The number of benzene rings is 1. The van der Waals surface area contributed by atoms with Gasteiger partial charge in [0.1, 0.15) is 0 Å². The summed E-state index contributed by atoms with van der Waals surface area (Å²) in [6, 6.07) is 9.65. The van der Waals surface area contributed by atoms with Crippen LogP contribution in [0.2, 0.25) is 0 Å². The molecule has 1 amide bonds. The van der Waals surface area contributed by atoms with Gasteiger partial charge in [-0.15, -0.1) is 0 Å². The van der Waals surface area contributed by atoms with Crippen LogP contribution >= 0.6 is 0 Å². The molecule has 0 unspecified atom stereocenters. The molecule has 192 valence electrons. The van der Waals surface area contributed by atoms with E-state index in [-0.39, 0.29) is 24.4 Å². The fourth-order valence-corrected chi connectivity index (χ4v) is 4.59. The monoisotopic (exact) mass is 505 g/mol. The number of carbonyl (C=O) groups excluding carboxylic acids is 1. The number of nitrogens with zero attached hydrogens (tertiary/aromatic N) is 5. The van der Waals surface area contributed by atoms with Crippen molar-refractivity contribution in [2.24, 2.45) is 0 Å². The van der Waals surface area contributed by atoms with Crippen molar-refractivity contribution < 1.29 is 13.6 Å². The molecule has 0 atom stereocenters. The molecule has 1 aliphatic rings. The molecule has 10 heteroatoms. The molecule has 5 rings (SSSR count). The van der Waals surface area contributed by atoms with Crippen LogP contribution in [-0.2, 0) is 13.1 Å². The van der Waals surface area contributed by atoms with Gasteiger partial charge in [-0.3, -0.25) is 24.8 Å². The first-order chi connectivity index (χ1) is 17.8. The van der Waals surface area contributed by atoms with Crippen LogP contribution in [0.15, 0.2) is 55.1 Å². The molecule has 8 nitrogen and oxygen atoms in total. The summed E-state index contributed by atoms with van der Waals surface area (Å²) in [7, 11) is 3.94. The van der Waals surface area contributed by atoms with E-state index in [4.69, 9.17) is 0 Å². The Bertz CT molecular complexity index is 1410. The highest BCUT2D eigenvalue weighted by Gasteiger charge is 2.33. The van der Waals surface area contributed by atoms with E-state index < -0.39 is 5.92 Å². The molecule has 0 spiro atoms. The van der Waals surface area contributed by atoms with E-state index >= 15 is 0 Å². The number of nitrogens with one attached hydrogen (secondary N) is 2. The van der Waals surface area contributed by atoms with Crippen LogP contribution in [0.5, 0.6) is 0 Å². The first-order valence-corrected chi connectivity index (χ1v) is 12.2. The number of amides is 1. The molecule has 4 heterocycles. The Hall–Kier alpha value is -3.76. The van der Waals surface area contributed by atoms with E-state index in [1.54, 1.807) is 24.8 Å². The zero-order chi connectivity index (χ0) is 26.0. The Labute approximate surface area is 213 Å². The first kappa shape index (κ1) is 24.9. The minimum atomic E-state index is -2.56. The minimum Gasteiger partial charge on any atom is -0.319 e. The molecule has 0 bridgehead atoms.